The maximum absolute atomic E-state index is 12.2. The topological polar surface area (TPSA) is 54.9 Å². The summed E-state index contributed by atoms with van der Waals surface area (Å²) in [6.45, 7) is 0. The molecule has 0 aliphatic rings. The van der Waals surface area contributed by atoms with Crippen molar-refractivity contribution in [1.29, 1.82) is 0 Å². The van der Waals surface area contributed by atoms with Crippen LogP contribution in [-0.2, 0) is 0 Å². The highest BCUT2D eigenvalue weighted by Gasteiger charge is 2.11. The monoisotopic (exact) mass is 249 g/mol. The Morgan fingerprint density at radius 1 is 1.00 bits per heavy atom. The van der Waals surface area contributed by atoms with Gasteiger partial charge in [0.1, 0.15) is 5.69 Å². The number of fused-ring (bicyclic) bond motifs is 1. The summed E-state index contributed by atoms with van der Waals surface area (Å²) in [5, 5.41) is 4.62. The molecule has 1 amide bonds. The van der Waals surface area contributed by atoms with E-state index in [1.807, 2.05) is 30.3 Å². The second-order valence-electron chi connectivity index (χ2n) is 4.08. The van der Waals surface area contributed by atoms with Gasteiger partial charge in [-0.05, 0) is 23.6 Å². The summed E-state index contributed by atoms with van der Waals surface area (Å²) >= 11 is 0. The molecule has 0 radical (unpaired) electrons. The molecule has 1 N–H and O–H groups in total. The van der Waals surface area contributed by atoms with Gasteiger partial charge in [-0.3, -0.25) is 14.8 Å². The van der Waals surface area contributed by atoms with Crippen LogP contribution in [0.5, 0.6) is 0 Å². The van der Waals surface area contributed by atoms with Crippen LogP contribution in [0.4, 0.5) is 5.69 Å². The first kappa shape index (κ1) is 11.3. The average molecular weight is 249 g/mol. The van der Waals surface area contributed by atoms with Crippen molar-refractivity contribution in [3.05, 3.63) is 66.7 Å². The van der Waals surface area contributed by atoms with Gasteiger partial charge >= 0.3 is 0 Å². The van der Waals surface area contributed by atoms with E-state index in [4.69, 9.17) is 0 Å². The summed E-state index contributed by atoms with van der Waals surface area (Å²) in [4.78, 5) is 20.4. The number of aromatic nitrogens is 2. The Bertz CT molecular complexity index is 720. The van der Waals surface area contributed by atoms with Gasteiger partial charge in [0, 0.05) is 17.8 Å². The zero-order chi connectivity index (χ0) is 13.1. The molecule has 2 aromatic heterocycles. The smallest absolute Gasteiger partial charge is 0.274 e. The van der Waals surface area contributed by atoms with Crippen molar-refractivity contribution in [2.45, 2.75) is 0 Å². The third-order valence-corrected chi connectivity index (χ3v) is 2.81. The Kier molecular flexibility index (Phi) is 2.90. The minimum absolute atomic E-state index is 0.232. The van der Waals surface area contributed by atoms with Crippen LogP contribution in [0.2, 0.25) is 0 Å². The van der Waals surface area contributed by atoms with Gasteiger partial charge in [-0.15, -0.1) is 0 Å². The van der Waals surface area contributed by atoms with Crippen molar-refractivity contribution >= 4 is 22.4 Å². The van der Waals surface area contributed by atoms with Crippen molar-refractivity contribution in [2.24, 2.45) is 0 Å². The van der Waals surface area contributed by atoms with Gasteiger partial charge < -0.3 is 5.32 Å². The molecule has 0 bridgehead atoms. The maximum Gasteiger partial charge on any atom is 0.274 e. The fourth-order valence-corrected chi connectivity index (χ4v) is 1.93. The molecule has 0 saturated carbocycles. The highest BCUT2D eigenvalue weighted by Crippen LogP contribution is 2.17. The molecule has 19 heavy (non-hydrogen) atoms. The van der Waals surface area contributed by atoms with E-state index in [1.54, 1.807) is 30.7 Å². The molecule has 4 heteroatoms. The third-order valence-electron chi connectivity index (χ3n) is 2.81. The van der Waals surface area contributed by atoms with Gasteiger partial charge in [0.15, 0.2) is 0 Å². The largest absolute Gasteiger partial charge is 0.319 e. The van der Waals surface area contributed by atoms with Gasteiger partial charge in [-0.25, -0.2) is 0 Å². The number of nitrogens with one attached hydrogen (secondary N) is 1. The lowest BCUT2D eigenvalue weighted by Crippen LogP contribution is -2.14. The fraction of sp³-hybridized carbons (Fsp3) is 0. The summed E-state index contributed by atoms with van der Waals surface area (Å²) in [7, 11) is 0. The molecule has 3 rings (SSSR count). The summed E-state index contributed by atoms with van der Waals surface area (Å²) in [6.07, 6.45) is 4.90. The molecule has 0 saturated heterocycles. The summed E-state index contributed by atoms with van der Waals surface area (Å²) in [6, 6.07) is 13.1. The number of nitrogens with zero attached hydrogens (tertiary/aromatic N) is 2. The highest BCUT2D eigenvalue weighted by atomic mass is 16.1. The van der Waals surface area contributed by atoms with Crippen LogP contribution in [0.25, 0.3) is 10.8 Å². The predicted molar refractivity (Wildman–Crippen MR) is 73.9 cm³/mol. The fourth-order valence-electron chi connectivity index (χ4n) is 1.93. The Labute approximate surface area is 110 Å². The second-order valence-corrected chi connectivity index (χ2v) is 4.08. The van der Waals surface area contributed by atoms with Gasteiger partial charge in [0.2, 0.25) is 0 Å². The number of hydrogen-bond acceptors (Lipinski definition) is 3. The van der Waals surface area contributed by atoms with E-state index in [9.17, 15) is 4.79 Å². The first-order valence-corrected chi connectivity index (χ1v) is 5.90. The molecule has 0 atom stereocenters. The standard InChI is InChI=1S/C15H11N3O/c19-15(18-12-5-3-8-16-10-12)14-13-6-2-1-4-11(13)7-9-17-14/h1-10H,(H,18,19). The number of hydrogen-bond donors (Lipinski definition) is 1. The Hall–Kier alpha value is -2.75. The van der Waals surface area contributed by atoms with Crippen molar-refractivity contribution in [1.82, 2.24) is 9.97 Å². The highest BCUT2D eigenvalue weighted by molar-refractivity contribution is 6.11. The van der Waals surface area contributed by atoms with E-state index in [2.05, 4.69) is 15.3 Å². The molecule has 0 aliphatic carbocycles. The number of benzene rings is 1. The Morgan fingerprint density at radius 2 is 1.89 bits per heavy atom. The number of pyridine rings is 2. The molecule has 0 fully saturated rings. The van der Waals surface area contributed by atoms with Crippen LogP contribution in [0.3, 0.4) is 0 Å². The number of amides is 1. The van der Waals surface area contributed by atoms with Crippen LogP contribution in [0.15, 0.2) is 61.1 Å². The van der Waals surface area contributed by atoms with E-state index < -0.39 is 0 Å². The summed E-state index contributed by atoms with van der Waals surface area (Å²) in [5.41, 5.74) is 1.07. The van der Waals surface area contributed by atoms with Crippen LogP contribution in [-0.4, -0.2) is 15.9 Å². The molecule has 2 heterocycles. The molecule has 0 spiro atoms. The summed E-state index contributed by atoms with van der Waals surface area (Å²) in [5.74, 6) is -0.232. The molecule has 1 aromatic carbocycles. The number of anilines is 1. The Balaban J connectivity index is 1.98. The minimum Gasteiger partial charge on any atom is -0.319 e. The average Bonchev–Trinajstić information content (AvgIpc) is 2.47. The number of carbonyl (C=O) groups is 1. The van der Waals surface area contributed by atoms with Crippen LogP contribution < -0.4 is 5.32 Å². The lowest BCUT2D eigenvalue weighted by Gasteiger charge is -2.06. The molecule has 92 valence electrons. The van der Waals surface area contributed by atoms with E-state index in [0.717, 1.165) is 10.8 Å². The van der Waals surface area contributed by atoms with Crippen molar-refractivity contribution in [3.8, 4) is 0 Å². The maximum atomic E-state index is 12.2. The molecular formula is C15H11N3O. The van der Waals surface area contributed by atoms with Gasteiger partial charge in [-0.2, -0.15) is 0 Å². The Morgan fingerprint density at radius 3 is 2.74 bits per heavy atom. The van der Waals surface area contributed by atoms with Crippen LogP contribution in [0.1, 0.15) is 10.5 Å². The predicted octanol–water partition coefficient (Wildman–Crippen LogP) is 2.88. The van der Waals surface area contributed by atoms with E-state index in [-0.39, 0.29) is 5.91 Å². The SMILES string of the molecule is O=C(Nc1cccnc1)c1nccc2ccccc12. The third kappa shape index (κ3) is 2.28. The lowest BCUT2D eigenvalue weighted by molar-refractivity contribution is 0.102. The van der Waals surface area contributed by atoms with Crippen LogP contribution in [0, 0.1) is 0 Å². The minimum atomic E-state index is -0.232. The first-order chi connectivity index (χ1) is 9.34. The van der Waals surface area contributed by atoms with E-state index in [0.29, 0.717) is 11.4 Å². The van der Waals surface area contributed by atoms with E-state index in [1.165, 1.54) is 0 Å². The van der Waals surface area contributed by atoms with Gasteiger partial charge in [-0.1, -0.05) is 24.3 Å². The van der Waals surface area contributed by atoms with Crippen LogP contribution >= 0.6 is 0 Å². The lowest BCUT2D eigenvalue weighted by atomic mass is 10.1. The van der Waals surface area contributed by atoms with Crippen molar-refractivity contribution < 1.29 is 4.79 Å². The summed E-state index contributed by atoms with van der Waals surface area (Å²) < 4.78 is 0. The molecule has 0 aliphatic heterocycles. The molecule has 3 aromatic rings. The molecule has 4 nitrogen and oxygen atoms in total. The number of rotatable bonds is 2. The zero-order valence-electron chi connectivity index (χ0n) is 10.1. The van der Waals surface area contributed by atoms with Gasteiger partial charge in [0.25, 0.3) is 5.91 Å². The second kappa shape index (κ2) is 4.86. The quantitative estimate of drug-likeness (QED) is 0.759. The first-order valence-electron chi connectivity index (χ1n) is 5.90. The van der Waals surface area contributed by atoms with Gasteiger partial charge in [0.05, 0.1) is 11.9 Å². The van der Waals surface area contributed by atoms with Crippen molar-refractivity contribution in [3.63, 3.8) is 0 Å². The molecule has 0 unspecified atom stereocenters. The van der Waals surface area contributed by atoms with E-state index >= 15 is 0 Å². The molecular weight excluding hydrogens is 238 g/mol. The zero-order valence-corrected chi connectivity index (χ0v) is 10.1. The number of carbonyl (C=O) groups excluding carboxylic acids is 1. The van der Waals surface area contributed by atoms with Crippen molar-refractivity contribution in [2.75, 3.05) is 5.32 Å². The normalized spacial score (nSPS) is 10.3.